The van der Waals surface area contributed by atoms with Crippen molar-refractivity contribution in [2.75, 3.05) is 0 Å². The van der Waals surface area contributed by atoms with Crippen LogP contribution < -0.4 is 0 Å². The van der Waals surface area contributed by atoms with Crippen LogP contribution in [-0.4, -0.2) is 34.4 Å². The summed E-state index contributed by atoms with van der Waals surface area (Å²) in [5.74, 6) is 0. The van der Waals surface area contributed by atoms with Crippen molar-refractivity contribution in [1.29, 1.82) is 0 Å². The van der Waals surface area contributed by atoms with Gasteiger partial charge in [-0.1, -0.05) is 7.43 Å². The number of hydrogen-bond donors (Lipinski definition) is 1. The number of hydrogen-bond acceptors (Lipinski definition) is 1. The molecule has 5 heavy (non-hydrogen) atoms. The van der Waals surface area contributed by atoms with Crippen LogP contribution in [0.15, 0.2) is 0 Å². The van der Waals surface area contributed by atoms with E-state index in [9.17, 15) is 0 Å². The van der Waals surface area contributed by atoms with Crippen molar-refractivity contribution in [3.8, 4) is 0 Å². The van der Waals surface area contributed by atoms with Gasteiger partial charge in [0, 0.05) is 0 Å². The van der Waals surface area contributed by atoms with Gasteiger partial charge in [0.05, 0.1) is 0 Å². The molecule has 2 nitrogen and oxygen atoms in total. The Morgan fingerprint density at radius 3 is 1.80 bits per heavy atom. The average molecular weight is 268 g/mol. The van der Waals surface area contributed by atoms with E-state index in [0.29, 0.717) is 0 Å². The zero-order chi connectivity index (χ0) is 3.58. The first-order chi connectivity index (χ1) is 1.73. The fraction of sp³-hybridized carbons (Fsp3) is 0.500. The monoisotopic (exact) mass is 269 g/mol. The Morgan fingerprint density at radius 2 is 1.80 bits per heavy atom. The van der Waals surface area contributed by atoms with E-state index in [4.69, 9.17) is 9.90 Å². The van der Waals surface area contributed by atoms with Crippen molar-refractivity contribution in [1.82, 2.24) is 0 Å². The summed E-state index contributed by atoms with van der Waals surface area (Å²) in [4.78, 5) is 9.06. The topological polar surface area (TPSA) is 37.3 Å². The van der Waals surface area contributed by atoms with Gasteiger partial charge in [0.15, 0.2) is 0 Å². The van der Waals surface area contributed by atoms with E-state index in [2.05, 4.69) is 0 Å². The van der Waals surface area contributed by atoms with Crippen LogP contribution in [0.2, 0.25) is 0 Å². The SMILES string of the molecule is C.O=[C](O)[Pb]. The normalized spacial score (nSPS) is 5.00. The average Bonchev–Trinajstić information content (AvgIpc) is 0.811. The third-order valence-electron chi connectivity index (χ3n) is 0. The van der Waals surface area contributed by atoms with E-state index in [-0.39, 0.29) is 33.2 Å². The van der Waals surface area contributed by atoms with E-state index in [1.165, 1.54) is 0 Å². The van der Waals surface area contributed by atoms with Crippen LogP contribution in [0.4, 0.5) is 4.79 Å². The molecular formula is C2H5O2Pb. The van der Waals surface area contributed by atoms with Gasteiger partial charge in [-0.05, 0) is 0 Å². The van der Waals surface area contributed by atoms with Crippen LogP contribution in [-0.2, 0) is 0 Å². The Balaban J connectivity index is 0. The fourth-order valence-electron chi connectivity index (χ4n) is 0. The van der Waals surface area contributed by atoms with Gasteiger partial charge in [-0.2, -0.15) is 0 Å². The molecule has 0 aromatic carbocycles. The van der Waals surface area contributed by atoms with Crippen LogP contribution in [0.25, 0.3) is 0 Å². The van der Waals surface area contributed by atoms with Crippen LogP contribution in [0.5, 0.6) is 0 Å². The van der Waals surface area contributed by atoms with Gasteiger partial charge in [0.1, 0.15) is 0 Å². The van der Waals surface area contributed by atoms with E-state index in [1.54, 1.807) is 0 Å². The molecule has 3 heteroatoms. The summed E-state index contributed by atoms with van der Waals surface area (Å²) >= 11 is 0.265. The van der Waals surface area contributed by atoms with Crippen molar-refractivity contribution in [2.45, 2.75) is 7.43 Å². The first-order valence-electron chi connectivity index (χ1n) is 0.678. The number of carbonyl (C=O) groups is 1. The molecule has 0 unspecified atom stereocenters. The quantitative estimate of drug-likeness (QED) is 0.648. The predicted molar refractivity (Wildman–Crippen MR) is 20.5 cm³/mol. The third-order valence-corrected chi connectivity index (χ3v) is 0. The summed E-state index contributed by atoms with van der Waals surface area (Å²) < 4.78 is -0.694. The second-order valence-corrected chi connectivity index (χ2v) is 1.97. The molecule has 0 saturated heterocycles. The molecule has 0 amide bonds. The van der Waals surface area contributed by atoms with Gasteiger partial charge in [0.25, 0.3) is 0 Å². The van der Waals surface area contributed by atoms with Crippen molar-refractivity contribution in [3.05, 3.63) is 0 Å². The first kappa shape index (κ1) is 9.04. The Hall–Kier alpha value is 0.392. The molecule has 0 aromatic heterocycles. The standard InChI is InChI=1S/CHO2.CH4.Pb/c2-1-3;;/h(H,2,3);1H4;. The molecule has 0 aromatic rings. The minimum absolute atomic E-state index is 0. The Kier molecular flexibility index (Phi) is 7.94. The summed E-state index contributed by atoms with van der Waals surface area (Å²) in [5.41, 5.74) is 0. The second-order valence-electron chi connectivity index (χ2n) is 0.305. The van der Waals surface area contributed by atoms with Gasteiger partial charge in [-0.15, -0.1) is 0 Å². The summed E-state index contributed by atoms with van der Waals surface area (Å²) in [6.45, 7) is 0. The Labute approximate surface area is 46.9 Å². The molecule has 0 heterocycles. The summed E-state index contributed by atoms with van der Waals surface area (Å²) in [7, 11) is 0. The zero-order valence-corrected chi connectivity index (χ0v) is 5.74. The molecular weight excluding hydrogens is 263 g/mol. The van der Waals surface area contributed by atoms with E-state index >= 15 is 0 Å². The molecule has 3 radical (unpaired) electrons. The van der Waals surface area contributed by atoms with E-state index in [0.717, 1.165) is 0 Å². The van der Waals surface area contributed by atoms with Gasteiger partial charge < -0.3 is 0 Å². The Bertz CT molecular complexity index is 30.6. The van der Waals surface area contributed by atoms with Crippen LogP contribution >= 0.6 is 0 Å². The molecule has 0 aliphatic carbocycles. The number of rotatable bonds is 0. The third kappa shape index (κ3) is 163. The Morgan fingerprint density at radius 1 is 1.80 bits per heavy atom. The summed E-state index contributed by atoms with van der Waals surface area (Å²) in [5, 5.41) is 7.48. The van der Waals surface area contributed by atoms with E-state index in [1.807, 2.05) is 0 Å². The van der Waals surface area contributed by atoms with Gasteiger partial charge in [-0.25, -0.2) is 0 Å². The molecule has 0 aliphatic rings. The molecule has 0 aliphatic heterocycles. The van der Waals surface area contributed by atoms with Gasteiger partial charge >= 0.3 is 39.2 Å². The predicted octanol–water partition coefficient (Wildman–Crippen LogP) is 0.469. The minimum atomic E-state index is -0.694. The van der Waals surface area contributed by atoms with Crippen molar-refractivity contribution in [3.63, 3.8) is 0 Å². The summed E-state index contributed by atoms with van der Waals surface area (Å²) in [6, 6.07) is 0. The molecule has 0 spiro atoms. The fourth-order valence-corrected chi connectivity index (χ4v) is 0. The van der Waals surface area contributed by atoms with Crippen LogP contribution in [0.3, 0.4) is 0 Å². The number of carboxylic acid groups (broad SMARTS) is 1. The van der Waals surface area contributed by atoms with E-state index < -0.39 is 3.53 Å². The van der Waals surface area contributed by atoms with Crippen LogP contribution in [0.1, 0.15) is 7.43 Å². The van der Waals surface area contributed by atoms with Gasteiger partial charge in [-0.3, -0.25) is 0 Å². The molecule has 0 saturated carbocycles. The van der Waals surface area contributed by atoms with Gasteiger partial charge in [0.2, 0.25) is 0 Å². The maximum absolute atomic E-state index is 9.06. The molecule has 0 bridgehead atoms. The molecule has 0 rings (SSSR count). The zero-order valence-electron chi connectivity index (χ0n) is 1.86. The molecule has 29 valence electrons. The molecule has 0 fully saturated rings. The summed E-state index contributed by atoms with van der Waals surface area (Å²) in [6.07, 6.45) is 0. The van der Waals surface area contributed by atoms with Crippen molar-refractivity contribution < 1.29 is 9.90 Å². The van der Waals surface area contributed by atoms with Crippen molar-refractivity contribution in [2.24, 2.45) is 0 Å². The first-order valence-corrected chi connectivity index (χ1v) is 2.62. The maximum atomic E-state index is 9.06. The van der Waals surface area contributed by atoms with Crippen LogP contribution in [0, 0.1) is 0 Å². The van der Waals surface area contributed by atoms with Crippen molar-refractivity contribution >= 4 is 29.3 Å². The second kappa shape index (κ2) is 4.39. The molecule has 0 atom stereocenters. The molecule has 1 N–H and O–H groups in total.